The van der Waals surface area contributed by atoms with Crippen molar-refractivity contribution in [2.24, 2.45) is 0 Å². The van der Waals surface area contributed by atoms with Crippen molar-refractivity contribution in [3.63, 3.8) is 0 Å². The lowest BCUT2D eigenvalue weighted by atomic mass is 10.1. The molecular weight excluding hydrogens is 492 g/mol. The molecule has 0 unspecified atom stereocenters. The molecule has 208 valence electrons. The van der Waals surface area contributed by atoms with E-state index in [0.29, 0.717) is 0 Å². The van der Waals surface area contributed by atoms with Crippen molar-refractivity contribution in [3.05, 3.63) is 131 Å². The molecule has 4 aromatic rings. The molecule has 4 aromatic carbocycles. The van der Waals surface area contributed by atoms with E-state index >= 15 is 0 Å². The molecule has 0 aliphatic carbocycles. The van der Waals surface area contributed by atoms with Crippen LogP contribution in [0.5, 0.6) is 11.5 Å². The second-order valence-corrected chi connectivity index (χ2v) is 10.7. The molecule has 1 aliphatic heterocycles. The molecule has 5 rings (SSSR count). The Bertz CT molecular complexity index is 1180. The first kappa shape index (κ1) is 27.9. The van der Waals surface area contributed by atoms with Crippen LogP contribution in [-0.2, 0) is 26.2 Å². The summed E-state index contributed by atoms with van der Waals surface area (Å²) in [5, 5.41) is 0. The lowest BCUT2D eigenvalue weighted by Crippen LogP contribution is -2.25. The molecule has 0 N–H and O–H groups in total. The molecule has 40 heavy (non-hydrogen) atoms. The van der Waals surface area contributed by atoms with E-state index in [2.05, 4.69) is 119 Å². The van der Waals surface area contributed by atoms with Crippen molar-refractivity contribution in [2.75, 3.05) is 26.3 Å². The Balaban J connectivity index is 1.31. The summed E-state index contributed by atoms with van der Waals surface area (Å²) in [7, 11) is 0. The van der Waals surface area contributed by atoms with Gasteiger partial charge < -0.3 is 9.47 Å². The number of para-hydroxylation sites is 2. The summed E-state index contributed by atoms with van der Waals surface area (Å²) < 4.78 is 12.8. The monoisotopic (exact) mass is 534 g/mol. The van der Waals surface area contributed by atoms with Crippen LogP contribution in [-0.4, -0.2) is 36.1 Å². The standard InChI is InChI=1S/C36H42N2O2/c1-3-15-31(16-4-1)27-37-23-11-13-25-40-36-22-10-8-20-34(36)30-38(28-32-17-5-2-6-18-32)24-12-14-26-39-35-21-9-7-19-33(35)29-37/h1-10,15-22H,11-14,23-30H2. The van der Waals surface area contributed by atoms with Crippen LogP contribution in [0.1, 0.15) is 47.9 Å². The zero-order valence-electron chi connectivity index (χ0n) is 23.6. The molecule has 0 aromatic heterocycles. The number of fused-ring (bicyclic) bond motifs is 2. The van der Waals surface area contributed by atoms with E-state index in [1.165, 1.54) is 22.3 Å². The number of benzene rings is 4. The third-order valence-electron chi connectivity index (χ3n) is 7.48. The first-order valence-electron chi connectivity index (χ1n) is 14.8. The van der Waals surface area contributed by atoms with Crippen molar-refractivity contribution < 1.29 is 9.47 Å². The highest BCUT2D eigenvalue weighted by atomic mass is 16.5. The number of hydrogen-bond donors (Lipinski definition) is 0. The Labute approximate surface area is 240 Å². The zero-order chi connectivity index (χ0) is 27.2. The summed E-state index contributed by atoms with van der Waals surface area (Å²) in [6, 6.07) is 38.7. The molecule has 0 bridgehead atoms. The van der Waals surface area contributed by atoms with Crippen molar-refractivity contribution in [1.82, 2.24) is 9.80 Å². The fourth-order valence-corrected chi connectivity index (χ4v) is 5.38. The van der Waals surface area contributed by atoms with Crippen LogP contribution in [0.15, 0.2) is 109 Å². The van der Waals surface area contributed by atoms with E-state index in [-0.39, 0.29) is 0 Å². The maximum Gasteiger partial charge on any atom is 0.123 e. The minimum atomic E-state index is 0.731. The van der Waals surface area contributed by atoms with Gasteiger partial charge in [-0.05, 0) is 62.0 Å². The van der Waals surface area contributed by atoms with Crippen LogP contribution in [0.25, 0.3) is 0 Å². The van der Waals surface area contributed by atoms with Gasteiger partial charge in [0.25, 0.3) is 0 Å². The second kappa shape index (κ2) is 15.3. The zero-order valence-corrected chi connectivity index (χ0v) is 23.6. The largest absolute Gasteiger partial charge is 0.493 e. The summed E-state index contributed by atoms with van der Waals surface area (Å²) in [5.74, 6) is 2.03. The molecule has 4 heteroatoms. The van der Waals surface area contributed by atoms with Gasteiger partial charge in [0.1, 0.15) is 11.5 Å². The molecular formula is C36H42N2O2. The highest BCUT2D eigenvalue weighted by Crippen LogP contribution is 2.24. The second-order valence-electron chi connectivity index (χ2n) is 10.7. The summed E-state index contributed by atoms with van der Waals surface area (Å²) in [5.41, 5.74) is 5.20. The molecule has 0 amide bonds. The summed E-state index contributed by atoms with van der Waals surface area (Å²) in [4.78, 5) is 5.08. The highest BCUT2D eigenvalue weighted by molar-refractivity contribution is 5.34. The molecule has 0 saturated carbocycles. The van der Waals surface area contributed by atoms with Gasteiger partial charge in [-0.1, -0.05) is 97.1 Å². The van der Waals surface area contributed by atoms with Crippen molar-refractivity contribution in [1.29, 1.82) is 0 Å². The van der Waals surface area contributed by atoms with Gasteiger partial charge in [0.05, 0.1) is 13.2 Å². The van der Waals surface area contributed by atoms with Crippen LogP contribution >= 0.6 is 0 Å². The summed E-state index contributed by atoms with van der Waals surface area (Å²) >= 11 is 0. The SMILES string of the molecule is c1ccc(CN2CCCCOc3ccccc3CN(Cc3ccccc3)CCCCOc3ccccc3C2)cc1. The topological polar surface area (TPSA) is 24.9 Å². The average molecular weight is 535 g/mol. The first-order chi connectivity index (χ1) is 19.8. The van der Waals surface area contributed by atoms with Gasteiger partial charge in [-0.15, -0.1) is 0 Å². The van der Waals surface area contributed by atoms with Crippen LogP contribution < -0.4 is 9.47 Å². The Morgan fingerprint density at radius 1 is 0.450 bits per heavy atom. The van der Waals surface area contributed by atoms with Gasteiger partial charge >= 0.3 is 0 Å². The third kappa shape index (κ3) is 8.70. The molecule has 0 spiro atoms. The van der Waals surface area contributed by atoms with Gasteiger partial charge in [-0.2, -0.15) is 0 Å². The van der Waals surface area contributed by atoms with Gasteiger partial charge in [-0.3, -0.25) is 9.80 Å². The number of ether oxygens (including phenoxy) is 2. The molecule has 0 saturated heterocycles. The lowest BCUT2D eigenvalue weighted by molar-refractivity contribution is 0.216. The maximum absolute atomic E-state index is 6.38. The average Bonchev–Trinajstić information content (AvgIpc) is 2.99. The van der Waals surface area contributed by atoms with E-state index in [1.807, 2.05) is 0 Å². The maximum atomic E-state index is 6.38. The minimum absolute atomic E-state index is 0.731. The minimum Gasteiger partial charge on any atom is -0.493 e. The number of rotatable bonds is 4. The van der Waals surface area contributed by atoms with Gasteiger partial charge in [0.2, 0.25) is 0 Å². The summed E-state index contributed by atoms with van der Waals surface area (Å²) in [6.45, 7) is 7.09. The van der Waals surface area contributed by atoms with E-state index in [1.54, 1.807) is 0 Å². The predicted octanol–water partition coefficient (Wildman–Crippen LogP) is 7.72. The van der Waals surface area contributed by atoms with Crippen molar-refractivity contribution in [2.45, 2.75) is 51.9 Å². The van der Waals surface area contributed by atoms with Crippen LogP contribution in [0.4, 0.5) is 0 Å². The number of hydrogen-bond acceptors (Lipinski definition) is 4. The summed E-state index contributed by atoms with van der Waals surface area (Å²) in [6.07, 6.45) is 4.20. The quantitative estimate of drug-likeness (QED) is 0.268. The van der Waals surface area contributed by atoms with Crippen molar-refractivity contribution in [3.8, 4) is 11.5 Å². The first-order valence-corrected chi connectivity index (χ1v) is 14.8. The van der Waals surface area contributed by atoms with E-state index in [9.17, 15) is 0 Å². The molecule has 1 aliphatic rings. The third-order valence-corrected chi connectivity index (χ3v) is 7.48. The molecule has 0 atom stereocenters. The Hall–Kier alpha value is -3.60. The normalized spacial score (nSPS) is 16.4. The fourth-order valence-electron chi connectivity index (χ4n) is 5.38. The number of nitrogens with zero attached hydrogens (tertiary/aromatic N) is 2. The van der Waals surface area contributed by atoms with Crippen LogP contribution in [0, 0.1) is 0 Å². The van der Waals surface area contributed by atoms with Gasteiger partial charge in [-0.25, -0.2) is 0 Å². The Morgan fingerprint density at radius 2 is 0.850 bits per heavy atom. The van der Waals surface area contributed by atoms with Gasteiger partial charge in [0.15, 0.2) is 0 Å². The van der Waals surface area contributed by atoms with Crippen molar-refractivity contribution >= 4 is 0 Å². The van der Waals surface area contributed by atoms with E-state index < -0.39 is 0 Å². The molecule has 0 fully saturated rings. The fraction of sp³-hybridized carbons (Fsp3) is 0.333. The molecule has 0 radical (unpaired) electrons. The predicted molar refractivity (Wildman–Crippen MR) is 163 cm³/mol. The van der Waals surface area contributed by atoms with Crippen LogP contribution in [0.2, 0.25) is 0 Å². The Kier molecular flexibility index (Phi) is 10.7. The molecule has 4 nitrogen and oxygen atoms in total. The smallest absolute Gasteiger partial charge is 0.123 e. The Morgan fingerprint density at radius 3 is 1.30 bits per heavy atom. The van der Waals surface area contributed by atoms with E-state index in [4.69, 9.17) is 9.47 Å². The lowest BCUT2D eigenvalue weighted by Gasteiger charge is -2.25. The van der Waals surface area contributed by atoms with Crippen LogP contribution in [0.3, 0.4) is 0 Å². The molecule has 1 heterocycles. The van der Waals surface area contributed by atoms with Gasteiger partial charge in [0, 0.05) is 37.3 Å². The highest BCUT2D eigenvalue weighted by Gasteiger charge is 2.14. The van der Waals surface area contributed by atoms with E-state index in [0.717, 1.165) is 89.7 Å².